The Kier molecular flexibility index (Phi) is 4.19. The van der Waals surface area contributed by atoms with Crippen molar-refractivity contribution in [2.45, 2.75) is 19.4 Å². The molecule has 1 heterocycles. The van der Waals surface area contributed by atoms with Crippen molar-refractivity contribution in [2.24, 2.45) is 0 Å². The van der Waals surface area contributed by atoms with Crippen molar-refractivity contribution >= 4 is 5.69 Å². The molecule has 0 atom stereocenters. The van der Waals surface area contributed by atoms with E-state index in [-0.39, 0.29) is 0 Å². The van der Waals surface area contributed by atoms with E-state index in [1.807, 2.05) is 0 Å². The van der Waals surface area contributed by atoms with Gasteiger partial charge in [0.15, 0.2) is 0 Å². The molecule has 1 aromatic heterocycles. The highest BCUT2D eigenvalue weighted by molar-refractivity contribution is 5.49. The molecular formula is C8H5F5N2O4. The number of alkyl halides is 5. The average molecular weight is 288 g/mol. The molecule has 0 amide bonds. The van der Waals surface area contributed by atoms with Gasteiger partial charge in [-0.15, -0.1) is 13.2 Å². The third-order valence-corrected chi connectivity index (χ3v) is 1.85. The normalized spacial score (nSPS) is 11.7. The first-order valence-electron chi connectivity index (χ1n) is 4.48. The summed E-state index contributed by atoms with van der Waals surface area (Å²) in [5.74, 6) is -1.64. The molecule has 6 nitrogen and oxygen atoms in total. The fraction of sp³-hybridized carbons (Fsp3) is 0.375. The number of pyridine rings is 1. The van der Waals surface area contributed by atoms with Crippen LogP contribution in [0.25, 0.3) is 0 Å². The summed E-state index contributed by atoms with van der Waals surface area (Å²) in [5.41, 5.74) is -3.24. The highest BCUT2D eigenvalue weighted by Crippen LogP contribution is 2.35. The van der Waals surface area contributed by atoms with E-state index in [2.05, 4.69) is 9.72 Å². The second kappa shape index (κ2) is 5.30. The van der Waals surface area contributed by atoms with Crippen LogP contribution < -0.4 is 4.74 Å². The minimum Gasteiger partial charge on any atom is -0.391 e. The Labute approximate surface area is 101 Å². The van der Waals surface area contributed by atoms with E-state index in [0.29, 0.717) is 6.07 Å². The monoisotopic (exact) mass is 288 g/mol. The van der Waals surface area contributed by atoms with E-state index in [9.17, 15) is 32.1 Å². The van der Waals surface area contributed by atoms with Gasteiger partial charge >= 0.3 is 17.9 Å². The van der Waals surface area contributed by atoms with Crippen molar-refractivity contribution in [2.75, 3.05) is 0 Å². The molecule has 1 aromatic rings. The van der Waals surface area contributed by atoms with E-state index < -0.39 is 47.1 Å². The Balaban J connectivity index is 3.45. The van der Waals surface area contributed by atoms with E-state index in [1.54, 1.807) is 0 Å². The van der Waals surface area contributed by atoms with Crippen LogP contribution in [0.15, 0.2) is 6.07 Å². The van der Waals surface area contributed by atoms with Crippen molar-refractivity contribution in [3.05, 3.63) is 27.4 Å². The van der Waals surface area contributed by atoms with Crippen molar-refractivity contribution in [3.8, 4) is 5.88 Å². The van der Waals surface area contributed by atoms with Crippen LogP contribution in [0.4, 0.5) is 27.6 Å². The molecule has 1 N–H and O–H groups in total. The predicted molar refractivity (Wildman–Crippen MR) is 48.5 cm³/mol. The van der Waals surface area contributed by atoms with Gasteiger partial charge in [0, 0.05) is 0 Å². The topological polar surface area (TPSA) is 85.5 Å². The molecule has 0 aliphatic heterocycles. The zero-order valence-electron chi connectivity index (χ0n) is 8.82. The van der Waals surface area contributed by atoms with Gasteiger partial charge in [-0.25, -0.2) is 13.8 Å². The quantitative estimate of drug-likeness (QED) is 0.522. The highest BCUT2D eigenvalue weighted by Gasteiger charge is 2.37. The van der Waals surface area contributed by atoms with Crippen LogP contribution in [0.2, 0.25) is 0 Å². The van der Waals surface area contributed by atoms with Crippen molar-refractivity contribution in [1.82, 2.24) is 4.98 Å². The molecule has 11 heteroatoms. The third kappa shape index (κ3) is 3.71. The molecular weight excluding hydrogens is 283 g/mol. The summed E-state index contributed by atoms with van der Waals surface area (Å²) in [6, 6.07) is 0.437. The summed E-state index contributed by atoms with van der Waals surface area (Å²) in [7, 11) is 0. The van der Waals surface area contributed by atoms with Gasteiger partial charge in [0.1, 0.15) is 5.69 Å². The van der Waals surface area contributed by atoms with Crippen molar-refractivity contribution in [3.63, 3.8) is 0 Å². The van der Waals surface area contributed by atoms with E-state index in [4.69, 9.17) is 5.11 Å². The van der Waals surface area contributed by atoms with E-state index >= 15 is 0 Å². The first-order chi connectivity index (χ1) is 8.65. The Hall–Kier alpha value is -2.04. The first kappa shape index (κ1) is 15.0. The smallest absolute Gasteiger partial charge is 0.391 e. The molecule has 0 unspecified atom stereocenters. The van der Waals surface area contributed by atoms with Crippen LogP contribution in [-0.2, 0) is 6.61 Å². The molecule has 0 spiro atoms. The van der Waals surface area contributed by atoms with Gasteiger partial charge in [-0.05, 0) is 6.07 Å². The van der Waals surface area contributed by atoms with Gasteiger partial charge in [-0.2, -0.15) is 0 Å². The lowest BCUT2D eigenvalue weighted by Crippen LogP contribution is -2.20. The van der Waals surface area contributed by atoms with Crippen LogP contribution in [0, 0.1) is 10.1 Å². The molecule has 0 aliphatic rings. The van der Waals surface area contributed by atoms with Gasteiger partial charge in [0.05, 0.1) is 17.1 Å². The van der Waals surface area contributed by atoms with Gasteiger partial charge in [-0.1, -0.05) is 0 Å². The Morgan fingerprint density at radius 3 is 2.42 bits per heavy atom. The summed E-state index contributed by atoms with van der Waals surface area (Å²) in [6.07, 6.45) is -8.62. The molecule has 0 bridgehead atoms. The molecule has 0 radical (unpaired) electrons. The molecule has 0 aromatic carbocycles. The summed E-state index contributed by atoms with van der Waals surface area (Å²) in [4.78, 5) is 12.0. The van der Waals surface area contributed by atoms with Gasteiger partial charge in [-0.3, -0.25) is 10.1 Å². The first-order valence-corrected chi connectivity index (χ1v) is 4.48. The van der Waals surface area contributed by atoms with Crippen LogP contribution in [0.5, 0.6) is 5.88 Å². The van der Waals surface area contributed by atoms with Gasteiger partial charge in [0.2, 0.25) is 0 Å². The molecule has 0 fully saturated rings. The average Bonchev–Trinajstić information content (AvgIpc) is 2.24. The van der Waals surface area contributed by atoms with Crippen LogP contribution in [-0.4, -0.2) is 21.4 Å². The maximum Gasteiger partial charge on any atom is 0.574 e. The standard InChI is InChI=1S/C8H5F5N2O4/c9-6(10)4-1-3(2-16)5(15(17)18)7(14-4)19-8(11,12)13/h1,6,16H,2H2. The molecule has 106 valence electrons. The van der Waals surface area contributed by atoms with Crippen LogP contribution in [0.1, 0.15) is 17.7 Å². The number of nitrogens with zero attached hydrogens (tertiary/aromatic N) is 2. The molecule has 1 rings (SSSR count). The summed E-state index contributed by atoms with van der Waals surface area (Å²) >= 11 is 0. The minimum atomic E-state index is -5.34. The second-order valence-electron chi connectivity index (χ2n) is 3.12. The van der Waals surface area contributed by atoms with Crippen LogP contribution in [0.3, 0.4) is 0 Å². The maximum atomic E-state index is 12.4. The number of rotatable bonds is 4. The van der Waals surface area contributed by atoms with E-state index in [1.165, 1.54) is 0 Å². The largest absolute Gasteiger partial charge is 0.574 e. The number of aliphatic hydroxyl groups excluding tert-OH is 1. The van der Waals surface area contributed by atoms with Crippen LogP contribution >= 0.6 is 0 Å². The molecule has 19 heavy (non-hydrogen) atoms. The summed E-state index contributed by atoms with van der Waals surface area (Å²) in [6.45, 7) is -1.12. The maximum absolute atomic E-state index is 12.4. The van der Waals surface area contributed by atoms with Gasteiger partial charge in [0.25, 0.3) is 6.43 Å². The predicted octanol–water partition coefficient (Wildman–Crippen LogP) is 2.32. The fourth-order valence-electron chi connectivity index (χ4n) is 1.20. The van der Waals surface area contributed by atoms with Crippen molar-refractivity contribution < 1.29 is 36.7 Å². The lowest BCUT2D eigenvalue weighted by Gasteiger charge is -2.11. The van der Waals surface area contributed by atoms with Crippen molar-refractivity contribution in [1.29, 1.82) is 0 Å². The Bertz CT molecular complexity index is 491. The lowest BCUT2D eigenvalue weighted by molar-refractivity contribution is -0.390. The number of ether oxygens (including phenoxy) is 1. The summed E-state index contributed by atoms with van der Waals surface area (Å²) < 4.78 is 64.0. The summed E-state index contributed by atoms with van der Waals surface area (Å²) in [5, 5.41) is 19.4. The highest BCUT2D eigenvalue weighted by atomic mass is 19.4. The minimum absolute atomic E-state index is 0.437. The number of hydrogen-bond donors (Lipinski definition) is 1. The molecule has 0 saturated carbocycles. The number of halogens is 5. The fourth-order valence-corrected chi connectivity index (χ4v) is 1.20. The number of hydrogen-bond acceptors (Lipinski definition) is 5. The SMILES string of the molecule is O=[N+]([O-])c1c(CO)cc(C(F)F)nc1OC(F)(F)F. The third-order valence-electron chi connectivity index (χ3n) is 1.85. The zero-order valence-corrected chi connectivity index (χ0v) is 8.82. The molecule has 0 aliphatic carbocycles. The number of nitro groups is 1. The Morgan fingerprint density at radius 2 is 2.05 bits per heavy atom. The van der Waals surface area contributed by atoms with Gasteiger partial charge < -0.3 is 9.84 Å². The Morgan fingerprint density at radius 1 is 1.47 bits per heavy atom. The van der Waals surface area contributed by atoms with E-state index in [0.717, 1.165) is 0 Å². The number of aromatic nitrogens is 1. The molecule has 0 saturated heterocycles. The number of aliphatic hydroxyl groups is 1. The zero-order chi connectivity index (χ0) is 14.8. The second-order valence-corrected chi connectivity index (χ2v) is 3.12. The lowest BCUT2D eigenvalue weighted by atomic mass is 10.2.